The Morgan fingerprint density at radius 2 is 1.75 bits per heavy atom. The zero-order chi connectivity index (χ0) is 25.6. The van der Waals surface area contributed by atoms with Crippen LogP contribution in [0.5, 0.6) is 5.75 Å². The molecule has 3 fully saturated rings. The molecule has 4 heterocycles. The number of alkyl halides is 3. The van der Waals surface area contributed by atoms with Gasteiger partial charge in [0, 0.05) is 24.1 Å². The van der Waals surface area contributed by atoms with Crippen LogP contribution in [0, 0.1) is 24.6 Å². The SMILES string of the molecule is Cc1ccc(-c2ncc(C(F)(F)F)cn2)c(C(=O)N2C3CC(C3)C(C)C2COc2ccc(F)cc2)n1. The van der Waals surface area contributed by atoms with Crippen LogP contribution in [0.2, 0.25) is 0 Å². The quantitative estimate of drug-likeness (QED) is 0.444. The topological polar surface area (TPSA) is 68.2 Å². The molecule has 1 amide bonds. The van der Waals surface area contributed by atoms with Gasteiger partial charge in [-0.15, -0.1) is 0 Å². The maximum Gasteiger partial charge on any atom is 0.419 e. The van der Waals surface area contributed by atoms with Crippen LogP contribution >= 0.6 is 0 Å². The third-order valence-corrected chi connectivity index (χ3v) is 7.18. The number of hydrogen-bond acceptors (Lipinski definition) is 5. The molecule has 0 N–H and O–H groups in total. The molecule has 36 heavy (non-hydrogen) atoms. The van der Waals surface area contributed by atoms with Crippen molar-refractivity contribution in [3.8, 4) is 17.1 Å². The Bertz CT molecular complexity index is 1260. The number of hydrogen-bond donors (Lipinski definition) is 0. The van der Waals surface area contributed by atoms with E-state index in [0.29, 0.717) is 29.8 Å². The van der Waals surface area contributed by atoms with Crippen LogP contribution < -0.4 is 4.74 Å². The second-order valence-corrected chi connectivity index (χ2v) is 9.43. The molecule has 10 heteroatoms. The first kappa shape index (κ1) is 24.1. The summed E-state index contributed by atoms with van der Waals surface area (Å²) in [6.07, 6.45) is -1.41. The van der Waals surface area contributed by atoms with Crippen molar-refractivity contribution in [1.82, 2.24) is 19.9 Å². The predicted octanol–water partition coefficient (Wildman–Crippen LogP) is 5.32. The maximum absolute atomic E-state index is 13.9. The van der Waals surface area contributed by atoms with Gasteiger partial charge in [-0.05, 0) is 68.0 Å². The number of aromatic nitrogens is 3. The molecule has 0 radical (unpaired) electrons. The number of rotatable bonds is 5. The fourth-order valence-electron chi connectivity index (χ4n) is 5.02. The fraction of sp³-hybridized carbons (Fsp3) is 0.385. The molecule has 188 valence electrons. The highest BCUT2D eigenvalue weighted by Gasteiger charge is 2.51. The van der Waals surface area contributed by atoms with Crippen molar-refractivity contribution in [2.24, 2.45) is 11.8 Å². The van der Waals surface area contributed by atoms with E-state index >= 15 is 0 Å². The summed E-state index contributed by atoms with van der Waals surface area (Å²) < 4.78 is 58.1. The minimum absolute atomic E-state index is 0.00509. The fourth-order valence-corrected chi connectivity index (χ4v) is 5.02. The van der Waals surface area contributed by atoms with Crippen molar-refractivity contribution < 1.29 is 27.1 Å². The van der Waals surface area contributed by atoms with Crippen LogP contribution in [-0.2, 0) is 6.18 Å². The number of ether oxygens (including phenoxy) is 1. The van der Waals surface area contributed by atoms with Crippen LogP contribution in [0.25, 0.3) is 11.4 Å². The molecule has 2 saturated heterocycles. The van der Waals surface area contributed by atoms with Gasteiger partial charge in [-0.25, -0.2) is 19.3 Å². The zero-order valence-corrected chi connectivity index (χ0v) is 19.7. The van der Waals surface area contributed by atoms with E-state index in [-0.39, 0.29) is 53.4 Å². The summed E-state index contributed by atoms with van der Waals surface area (Å²) in [6, 6.07) is 8.75. The summed E-state index contributed by atoms with van der Waals surface area (Å²) in [6.45, 7) is 4.05. The minimum atomic E-state index is -4.56. The molecule has 2 aromatic heterocycles. The zero-order valence-electron chi connectivity index (χ0n) is 19.7. The van der Waals surface area contributed by atoms with Gasteiger partial charge in [0.2, 0.25) is 0 Å². The predicted molar refractivity (Wildman–Crippen MR) is 123 cm³/mol. The van der Waals surface area contributed by atoms with Crippen LogP contribution in [-0.4, -0.2) is 44.4 Å². The highest BCUT2D eigenvalue weighted by Crippen LogP contribution is 2.47. The smallest absolute Gasteiger partial charge is 0.419 e. The number of halogens is 4. The van der Waals surface area contributed by atoms with Gasteiger partial charge in [0.1, 0.15) is 23.9 Å². The highest BCUT2D eigenvalue weighted by molar-refractivity contribution is 5.98. The van der Waals surface area contributed by atoms with Gasteiger partial charge in [0.05, 0.1) is 17.2 Å². The second kappa shape index (κ2) is 9.15. The summed E-state index contributed by atoms with van der Waals surface area (Å²) in [7, 11) is 0. The molecule has 3 aromatic rings. The lowest BCUT2D eigenvalue weighted by Crippen LogP contribution is -2.64. The molecule has 6 nitrogen and oxygen atoms in total. The third-order valence-electron chi connectivity index (χ3n) is 7.18. The summed E-state index contributed by atoms with van der Waals surface area (Å²) >= 11 is 0. The number of nitrogens with zero attached hydrogens (tertiary/aromatic N) is 4. The van der Waals surface area contributed by atoms with E-state index in [9.17, 15) is 22.4 Å². The standard InChI is InChI=1S/C26H24F4N4O2/c1-14-3-8-21(24-31-11-17(12-32-24)26(28,29)30)23(33-14)25(35)34-19-9-16(10-19)15(2)22(34)13-36-20-6-4-18(27)5-7-20/h3-8,11-12,15-16,19,22H,9-10,13H2,1-2H3. The van der Waals surface area contributed by atoms with E-state index in [1.54, 1.807) is 24.0 Å². The summed E-state index contributed by atoms with van der Waals surface area (Å²) in [5.41, 5.74) is -0.0158. The number of fused-ring (bicyclic) bond motifs is 2. The number of pyridine rings is 1. The molecule has 1 aromatic carbocycles. The van der Waals surface area contributed by atoms with Gasteiger partial charge in [0.15, 0.2) is 5.82 Å². The molecule has 2 atom stereocenters. The number of aryl methyl sites for hydroxylation is 1. The van der Waals surface area contributed by atoms with E-state index in [0.717, 1.165) is 12.8 Å². The van der Waals surface area contributed by atoms with Crippen LogP contribution in [0.1, 0.15) is 41.5 Å². The van der Waals surface area contributed by atoms with Crippen molar-refractivity contribution >= 4 is 5.91 Å². The van der Waals surface area contributed by atoms with E-state index in [1.165, 1.54) is 24.3 Å². The molecule has 3 aliphatic rings. The summed E-state index contributed by atoms with van der Waals surface area (Å²) in [4.78, 5) is 28.0. The Balaban J connectivity index is 1.45. The number of carbonyl (C=O) groups excluding carboxylic acids is 1. The first-order valence-corrected chi connectivity index (χ1v) is 11.7. The lowest BCUT2D eigenvalue weighted by atomic mass is 9.64. The van der Waals surface area contributed by atoms with Gasteiger partial charge in [-0.3, -0.25) is 4.79 Å². The van der Waals surface area contributed by atoms with Gasteiger partial charge in [-0.1, -0.05) is 6.92 Å². The molecule has 1 aliphatic carbocycles. The molecular weight excluding hydrogens is 476 g/mol. The van der Waals surface area contributed by atoms with E-state index in [1.807, 2.05) is 0 Å². The summed E-state index contributed by atoms with van der Waals surface area (Å²) in [5.74, 6) is 0.436. The Hall–Kier alpha value is -3.56. The molecule has 2 aliphatic heterocycles. The van der Waals surface area contributed by atoms with Gasteiger partial charge in [0.25, 0.3) is 5.91 Å². The van der Waals surface area contributed by atoms with Crippen molar-refractivity contribution in [3.63, 3.8) is 0 Å². The Morgan fingerprint density at radius 3 is 2.39 bits per heavy atom. The Labute approximate surface area is 205 Å². The largest absolute Gasteiger partial charge is 0.491 e. The van der Waals surface area contributed by atoms with Crippen LogP contribution in [0.4, 0.5) is 17.6 Å². The first-order valence-electron chi connectivity index (χ1n) is 11.7. The van der Waals surface area contributed by atoms with Crippen molar-refractivity contribution in [1.29, 1.82) is 0 Å². The van der Waals surface area contributed by atoms with Crippen LogP contribution in [0.15, 0.2) is 48.8 Å². The number of carbonyl (C=O) groups is 1. The van der Waals surface area contributed by atoms with Gasteiger partial charge < -0.3 is 9.64 Å². The van der Waals surface area contributed by atoms with Gasteiger partial charge >= 0.3 is 6.18 Å². The third kappa shape index (κ3) is 4.52. The van der Waals surface area contributed by atoms with E-state index < -0.39 is 11.7 Å². The minimum Gasteiger partial charge on any atom is -0.491 e. The molecule has 2 bridgehead atoms. The second-order valence-electron chi connectivity index (χ2n) is 9.43. The lowest BCUT2D eigenvalue weighted by Gasteiger charge is -2.57. The Morgan fingerprint density at radius 1 is 1.08 bits per heavy atom. The number of piperidine rings is 2. The van der Waals surface area contributed by atoms with Crippen molar-refractivity contribution in [2.45, 2.75) is 44.9 Å². The molecule has 0 spiro atoms. The maximum atomic E-state index is 13.9. The van der Waals surface area contributed by atoms with E-state index in [4.69, 9.17) is 4.74 Å². The monoisotopic (exact) mass is 500 g/mol. The highest BCUT2D eigenvalue weighted by atomic mass is 19.4. The molecule has 6 rings (SSSR count). The first-order chi connectivity index (χ1) is 17.1. The van der Waals surface area contributed by atoms with Crippen molar-refractivity contribution in [3.05, 3.63) is 71.6 Å². The average molecular weight is 500 g/mol. The molecular formula is C26H24F4N4O2. The normalized spacial score (nSPS) is 23.2. The van der Waals surface area contributed by atoms with Gasteiger partial charge in [-0.2, -0.15) is 13.2 Å². The lowest BCUT2D eigenvalue weighted by molar-refractivity contribution is -0.138. The van der Waals surface area contributed by atoms with Crippen molar-refractivity contribution in [2.75, 3.05) is 6.61 Å². The van der Waals surface area contributed by atoms with Crippen LogP contribution in [0.3, 0.4) is 0 Å². The average Bonchev–Trinajstić information content (AvgIpc) is 2.82. The Kier molecular flexibility index (Phi) is 6.13. The number of benzene rings is 1. The molecule has 1 saturated carbocycles. The molecule has 2 unspecified atom stereocenters. The van der Waals surface area contributed by atoms with E-state index in [2.05, 4.69) is 21.9 Å². The summed E-state index contributed by atoms with van der Waals surface area (Å²) in [5, 5.41) is 0. The number of amides is 1.